The summed E-state index contributed by atoms with van der Waals surface area (Å²) in [6, 6.07) is 5.64. The fourth-order valence-corrected chi connectivity index (χ4v) is 2.60. The number of hydrogen-bond acceptors (Lipinski definition) is 4. The van der Waals surface area contributed by atoms with Gasteiger partial charge in [-0.2, -0.15) is 0 Å². The van der Waals surface area contributed by atoms with E-state index in [0.717, 1.165) is 48.9 Å². The number of rotatable bonds is 6. The molecule has 1 aromatic carbocycles. The van der Waals surface area contributed by atoms with Gasteiger partial charge in [-0.05, 0) is 30.2 Å². The van der Waals surface area contributed by atoms with Crippen LogP contribution in [0.5, 0.6) is 5.75 Å². The Morgan fingerprint density at radius 3 is 2.85 bits per heavy atom. The Labute approximate surface area is 125 Å². The highest BCUT2D eigenvalue weighted by Crippen LogP contribution is 2.22. The van der Waals surface area contributed by atoms with Gasteiger partial charge in [-0.25, -0.2) is 0 Å². The fourth-order valence-electron chi connectivity index (χ4n) is 2.35. The lowest BCUT2D eigenvalue weighted by Crippen LogP contribution is -2.47. The van der Waals surface area contributed by atoms with Crippen LogP contribution in [0.15, 0.2) is 18.2 Å². The Bertz CT molecular complexity index is 422. The molecule has 2 N–H and O–H groups in total. The minimum atomic E-state index is -0.464. The predicted molar refractivity (Wildman–Crippen MR) is 81.6 cm³/mol. The molecule has 4 nitrogen and oxygen atoms in total. The molecule has 1 aliphatic heterocycles. The summed E-state index contributed by atoms with van der Waals surface area (Å²) >= 11 is 6.07. The number of piperazine rings is 1. The zero-order valence-corrected chi connectivity index (χ0v) is 12.7. The Morgan fingerprint density at radius 2 is 2.15 bits per heavy atom. The fraction of sp³-hybridized carbons (Fsp3) is 0.600. The maximum absolute atomic E-state index is 10.0. The summed E-state index contributed by atoms with van der Waals surface area (Å²) in [5, 5.41) is 14.1. The molecule has 0 radical (unpaired) electrons. The van der Waals surface area contributed by atoms with Gasteiger partial charge in [0.25, 0.3) is 0 Å². The zero-order valence-electron chi connectivity index (χ0n) is 11.9. The van der Waals surface area contributed by atoms with Crippen molar-refractivity contribution >= 4 is 11.6 Å². The number of nitrogens with one attached hydrogen (secondary N) is 1. The largest absolute Gasteiger partial charge is 0.491 e. The van der Waals surface area contributed by atoms with E-state index in [9.17, 15) is 5.11 Å². The van der Waals surface area contributed by atoms with Crippen LogP contribution in [0.1, 0.15) is 12.5 Å². The van der Waals surface area contributed by atoms with Gasteiger partial charge in [0.1, 0.15) is 18.5 Å². The summed E-state index contributed by atoms with van der Waals surface area (Å²) in [4.78, 5) is 2.25. The third kappa shape index (κ3) is 4.63. The molecule has 0 aliphatic carbocycles. The number of aliphatic hydroxyl groups excluding tert-OH is 1. The van der Waals surface area contributed by atoms with E-state index in [1.54, 1.807) is 0 Å². The molecule has 0 amide bonds. The van der Waals surface area contributed by atoms with E-state index in [1.807, 2.05) is 18.2 Å². The highest BCUT2D eigenvalue weighted by molar-refractivity contribution is 6.31. The number of hydrogen-bond donors (Lipinski definition) is 2. The molecular formula is C15H23ClN2O2. The molecule has 0 aromatic heterocycles. The first-order valence-electron chi connectivity index (χ1n) is 7.21. The van der Waals surface area contributed by atoms with Gasteiger partial charge >= 0.3 is 0 Å². The molecule has 1 fully saturated rings. The first kappa shape index (κ1) is 15.6. The Hall–Kier alpha value is -0.810. The van der Waals surface area contributed by atoms with Gasteiger partial charge < -0.3 is 15.2 Å². The Morgan fingerprint density at radius 1 is 1.40 bits per heavy atom. The second kappa shape index (κ2) is 7.84. The summed E-state index contributed by atoms with van der Waals surface area (Å²) in [5.41, 5.74) is 1.07. The van der Waals surface area contributed by atoms with Gasteiger partial charge in [0.05, 0.1) is 0 Å². The van der Waals surface area contributed by atoms with Crippen molar-refractivity contribution in [2.24, 2.45) is 0 Å². The monoisotopic (exact) mass is 298 g/mol. The standard InChI is InChI=1S/C15H23ClN2O2/c1-2-12-9-14(3-4-15(12)16)20-11-13(19)10-18-7-5-17-6-8-18/h3-4,9,13,17,19H,2,5-8,10-11H2,1H3. The van der Waals surface area contributed by atoms with Crippen LogP contribution >= 0.6 is 11.6 Å². The van der Waals surface area contributed by atoms with E-state index in [2.05, 4.69) is 17.1 Å². The van der Waals surface area contributed by atoms with Crippen molar-refractivity contribution in [1.29, 1.82) is 0 Å². The summed E-state index contributed by atoms with van der Waals surface area (Å²) in [5.74, 6) is 0.769. The molecule has 1 unspecified atom stereocenters. The molecule has 0 spiro atoms. The molecule has 20 heavy (non-hydrogen) atoms. The van der Waals surface area contributed by atoms with Crippen LogP contribution in [0.25, 0.3) is 0 Å². The predicted octanol–water partition coefficient (Wildman–Crippen LogP) is 1.55. The molecular weight excluding hydrogens is 276 g/mol. The van der Waals surface area contributed by atoms with Crippen LogP contribution in [0.3, 0.4) is 0 Å². The average Bonchev–Trinajstić information content (AvgIpc) is 2.47. The summed E-state index contributed by atoms with van der Waals surface area (Å²) in [6.45, 7) is 6.99. The molecule has 1 saturated heterocycles. The molecule has 0 bridgehead atoms. The lowest BCUT2D eigenvalue weighted by Gasteiger charge is -2.29. The molecule has 2 rings (SSSR count). The van der Waals surface area contributed by atoms with Gasteiger partial charge in [0, 0.05) is 37.7 Å². The van der Waals surface area contributed by atoms with Gasteiger partial charge in [0.15, 0.2) is 0 Å². The van der Waals surface area contributed by atoms with Crippen LogP contribution < -0.4 is 10.1 Å². The molecule has 5 heteroatoms. The first-order chi connectivity index (χ1) is 9.69. The van der Waals surface area contributed by atoms with Crippen LogP contribution in [-0.4, -0.2) is 55.4 Å². The number of β-amino-alcohol motifs (C(OH)–C–C–N with tert-alkyl or cyclic N) is 1. The minimum Gasteiger partial charge on any atom is -0.491 e. The number of ether oxygens (including phenoxy) is 1. The summed E-state index contributed by atoms with van der Waals surface area (Å²) in [6.07, 6.45) is 0.410. The van der Waals surface area contributed by atoms with E-state index in [1.165, 1.54) is 0 Å². The highest BCUT2D eigenvalue weighted by atomic mass is 35.5. The van der Waals surface area contributed by atoms with Crippen molar-refractivity contribution < 1.29 is 9.84 Å². The molecule has 1 atom stereocenters. The van der Waals surface area contributed by atoms with Crippen LogP contribution in [0.4, 0.5) is 0 Å². The van der Waals surface area contributed by atoms with E-state index < -0.39 is 6.10 Å². The molecule has 0 saturated carbocycles. The van der Waals surface area contributed by atoms with Gasteiger partial charge in [0.2, 0.25) is 0 Å². The van der Waals surface area contributed by atoms with Crippen LogP contribution in [0.2, 0.25) is 5.02 Å². The van der Waals surface area contributed by atoms with Gasteiger partial charge in [-0.1, -0.05) is 18.5 Å². The van der Waals surface area contributed by atoms with Crippen molar-refractivity contribution in [1.82, 2.24) is 10.2 Å². The lowest BCUT2D eigenvalue weighted by atomic mass is 10.1. The maximum atomic E-state index is 10.0. The number of aryl methyl sites for hydroxylation is 1. The van der Waals surface area contributed by atoms with Gasteiger partial charge in [-0.3, -0.25) is 4.90 Å². The second-order valence-corrected chi connectivity index (χ2v) is 5.53. The Balaban J connectivity index is 1.78. The zero-order chi connectivity index (χ0) is 14.4. The third-order valence-electron chi connectivity index (χ3n) is 3.52. The lowest BCUT2D eigenvalue weighted by molar-refractivity contribution is 0.0641. The van der Waals surface area contributed by atoms with E-state index >= 15 is 0 Å². The number of nitrogens with zero attached hydrogens (tertiary/aromatic N) is 1. The van der Waals surface area contributed by atoms with Crippen molar-refractivity contribution in [3.8, 4) is 5.75 Å². The normalized spacial score (nSPS) is 17.9. The second-order valence-electron chi connectivity index (χ2n) is 5.12. The Kier molecular flexibility index (Phi) is 6.10. The number of benzene rings is 1. The van der Waals surface area contributed by atoms with Crippen molar-refractivity contribution in [2.75, 3.05) is 39.3 Å². The van der Waals surface area contributed by atoms with E-state index in [4.69, 9.17) is 16.3 Å². The molecule has 1 aromatic rings. The first-order valence-corrected chi connectivity index (χ1v) is 7.59. The molecule has 1 aliphatic rings. The van der Waals surface area contributed by atoms with E-state index in [0.29, 0.717) is 13.2 Å². The number of halogens is 1. The summed E-state index contributed by atoms with van der Waals surface area (Å²) < 4.78 is 5.66. The van der Waals surface area contributed by atoms with Crippen molar-refractivity contribution in [2.45, 2.75) is 19.4 Å². The SMILES string of the molecule is CCc1cc(OCC(O)CN2CCNCC2)ccc1Cl. The van der Waals surface area contributed by atoms with Crippen molar-refractivity contribution in [3.05, 3.63) is 28.8 Å². The van der Waals surface area contributed by atoms with Crippen molar-refractivity contribution in [3.63, 3.8) is 0 Å². The quantitative estimate of drug-likeness (QED) is 0.836. The topological polar surface area (TPSA) is 44.7 Å². The molecule has 112 valence electrons. The highest BCUT2D eigenvalue weighted by Gasteiger charge is 2.14. The number of aliphatic hydroxyl groups is 1. The van der Waals surface area contributed by atoms with Crippen LogP contribution in [-0.2, 0) is 6.42 Å². The van der Waals surface area contributed by atoms with Crippen LogP contribution in [0, 0.1) is 0 Å². The smallest absolute Gasteiger partial charge is 0.119 e. The summed E-state index contributed by atoms with van der Waals surface area (Å²) in [7, 11) is 0. The third-order valence-corrected chi connectivity index (χ3v) is 3.89. The molecule has 1 heterocycles. The average molecular weight is 299 g/mol. The van der Waals surface area contributed by atoms with Gasteiger partial charge in [-0.15, -0.1) is 0 Å². The van der Waals surface area contributed by atoms with E-state index in [-0.39, 0.29) is 0 Å². The maximum Gasteiger partial charge on any atom is 0.119 e. The minimum absolute atomic E-state index is 0.314.